The van der Waals surface area contributed by atoms with Crippen molar-refractivity contribution in [2.75, 3.05) is 0 Å². The lowest BCUT2D eigenvalue weighted by atomic mass is 10.0. The van der Waals surface area contributed by atoms with Gasteiger partial charge in [-0.05, 0) is 19.3 Å². The van der Waals surface area contributed by atoms with Crippen LogP contribution in [0.5, 0.6) is 0 Å². The molecule has 1 N–H and O–H groups in total. The van der Waals surface area contributed by atoms with Gasteiger partial charge in [0.15, 0.2) is 0 Å². The highest BCUT2D eigenvalue weighted by Crippen LogP contribution is 2.38. The molecule has 0 radical (unpaired) electrons. The summed E-state index contributed by atoms with van der Waals surface area (Å²) in [5.41, 5.74) is 0. The van der Waals surface area contributed by atoms with Gasteiger partial charge in [0, 0.05) is 12.1 Å². The van der Waals surface area contributed by atoms with Gasteiger partial charge in [0.25, 0.3) is 0 Å². The molecule has 4 aliphatic heterocycles. The fourth-order valence-electron chi connectivity index (χ4n) is 2.51. The molecule has 9 heavy (non-hydrogen) atoms. The second-order valence-electron chi connectivity index (χ2n) is 3.47. The third-order valence-corrected chi connectivity index (χ3v) is 2.85. The third-order valence-electron chi connectivity index (χ3n) is 2.85. The smallest absolute Gasteiger partial charge is 0.0747 e. The average molecular weight is 125 g/mol. The highest BCUT2D eigenvalue weighted by atomic mass is 16.5. The molecule has 0 aromatic carbocycles. The van der Waals surface area contributed by atoms with Crippen LogP contribution in [-0.4, -0.2) is 24.3 Å². The molecule has 2 heteroatoms. The molecule has 4 atom stereocenters. The Balaban J connectivity index is 2.00. The first-order chi connectivity index (χ1) is 4.42. The van der Waals surface area contributed by atoms with Crippen molar-refractivity contribution in [3.8, 4) is 0 Å². The standard InChI is InChI=1S/C7H11NO/c1-4-2-7-6(8-4)3-5(1)9-7/h4-8H,1-3H2. The predicted octanol–water partition coefficient (Wildman–Crippen LogP) is 0.278. The molecular weight excluding hydrogens is 114 g/mol. The van der Waals surface area contributed by atoms with E-state index in [0.717, 1.165) is 12.1 Å². The molecule has 4 fully saturated rings. The third kappa shape index (κ3) is 0.485. The minimum absolute atomic E-state index is 0.591. The van der Waals surface area contributed by atoms with Gasteiger partial charge in [-0.15, -0.1) is 0 Å². The SMILES string of the molecule is C1C2CC3OC1CC3N2. The topological polar surface area (TPSA) is 21.3 Å². The van der Waals surface area contributed by atoms with E-state index in [9.17, 15) is 0 Å². The fourth-order valence-corrected chi connectivity index (χ4v) is 2.51. The zero-order valence-corrected chi connectivity index (χ0v) is 5.34. The van der Waals surface area contributed by atoms with Crippen molar-refractivity contribution in [3.05, 3.63) is 0 Å². The van der Waals surface area contributed by atoms with Crippen LogP contribution in [0.4, 0.5) is 0 Å². The molecule has 2 nitrogen and oxygen atoms in total. The van der Waals surface area contributed by atoms with E-state index in [-0.39, 0.29) is 0 Å². The molecule has 0 aromatic heterocycles. The van der Waals surface area contributed by atoms with Gasteiger partial charge in [0.05, 0.1) is 12.2 Å². The average Bonchev–Trinajstić information content (AvgIpc) is 2.20. The number of hydrogen-bond donors (Lipinski definition) is 1. The first-order valence-corrected chi connectivity index (χ1v) is 3.83. The normalized spacial score (nSPS) is 61.3. The maximum Gasteiger partial charge on any atom is 0.0747 e. The molecule has 4 unspecified atom stereocenters. The fraction of sp³-hybridized carbons (Fsp3) is 1.00. The summed E-state index contributed by atoms with van der Waals surface area (Å²) in [7, 11) is 0. The van der Waals surface area contributed by atoms with Crippen LogP contribution >= 0.6 is 0 Å². The van der Waals surface area contributed by atoms with E-state index in [4.69, 9.17) is 4.74 Å². The lowest BCUT2D eigenvalue weighted by molar-refractivity contribution is 0.0114. The van der Waals surface area contributed by atoms with Crippen molar-refractivity contribution in [1.29, 1.82) is 0 Å². The maximum absolute atomic E-state index is 5.69. The van der Waals surface area contributed by atoms with E-state index in [1.54, 1.807) is 0 Å². The second-order valence-corrected chi connectivity index (χ2v) is 3.47. The molecule has 0 saturated carbocycles. The number of piperidine rings is 1. The monoisotopic (exact) mass is 125 g/mol. The lowest BCUT2D eigenvalue weighted by Gasteiger charge is -2.24. The van der Waals surface area contributed by atoms with Crippen LogP contribution in [0.2, 0.25) is 0 Å². The van der Waals surface area contributed by atoms with E-state index in [1.807, 2.05) is 0 Å². The van der Waals surface area contributed by atoms with Crippen LogP contribution in [0.15, 0.2) is 0 Å². The zero-order valence-electron chi connectivity index (χ0n) is 5.34. The number of nitrogens with one attached hydrogen (secondary N) is 1. The van der Waals surface area contributed by atoms with Crippen molar-refractivity contribution in [2.45, 2.75) is 43.6 Å². The maximum atomic E-state index is 5.69. The number of ether oxygens (including phenoxy) is 1. The van der Waals surface area contributed by atoms with Gasteiger partial charge in [-0.25, -0.2) is 0 Å². The Kier molecular flexibility index (Phi) is 0.691. The van der Waals surface area contributed by atoms with Crippen LogP contribution in [0.3, 0.4) is 0 Å². The summed E-state index contributed by atoms with van der Waals surface area (Å²) >= 11 is 0. The Morgan fingerprint density at radius 3 is 2.89 bits per heavy atom. The van der Waals surface area contributed by atoms with Gasteiger partial charge in [0.2, 0.25) is 0 Å². The van der Waals surface area contributed by atoms with Crippen molar-refractivity contribution in [1.82, 2.24) is 5.32 Å². The van der Waals surface area contributed by atoms with Gasteiger partial charge in [-0.2, -0.15) is 0 Å². The summed E-state index contributed by atoms with van der Waals surface area (Å²) in [5.74, 6) is 0. The minimum Gasteiger partial charge on any atom is -0.373 e. The highest BCUT2D eigenvalue weighted by Gasteiger charge is 2.48. The Morgan fingerprint density at radius 2 is 2.22 bits per heavy atom. The van der Waals surface area contributed by atoms with E-state index in [0.29, 0.717) is 12.2 Å². The van der Waals surface area contributed by atoms with Gasteiger partial charge >= 0.3 is 0 Å². The number of hydrogen-bond acceptors (Lipinski definition) is 2. The lowest BCUT2D eigenvalue weighted by Crippen LogP contribution is -2.37. The first-order valence-electron chi connectivity index (χ1n) is 3.83. The van der Waals surface area contributed by atoms with E-state index >= 15 is 0 Å². The van der Waals surface area contributed by atoms with Gasteiger partial charge in [0.1, 0.15) is 0 Å². The quantitative estimate of drug-likeness (QED) is 0.502. The number of rotatable bonds is 0. The largest absolute Gasteiger partial charge is 0.373 e. The summed E-state index contributed by atoms with van der Waals surface area (Å²) in [6.07, 6.45) is 5.05. The van der Waals surface area contributed by atoms with E-state index < -0.39 is 0 Å². The van der Waals surface area contributed by atoms with Crippen LogP contribution in [0.25, 0.3) is 0 Å². The molecule has 4 rings (SSSR count). The molecule has 0 aliphatic carbocycles. The summed E-state index contributed by atoms with van der Waals surface area (Å²) < 4.78 is 5.69. The van der Waals surface area contributed by atoms with Crippen molar-refractivity contribution in [3.63, 3.8) is 0 Å². The second kappa shape index (κ2) is 1.32. The summed E-state index contributed by atoms with van der Waals surface area (Å²) in [5, 5.41) is 3.56. The molecule has 50 valence electrons. The van der Waals surface area contributed by atoms with Crippen molar-refractivity contribution < 1.29 is 4.74 Å². The molecule has 0 aromatic rings. The van der Waals surface area contributed by atoms with E-state index in [1.165, 1.54) is 19.3 Å². The molecular formula is C7H11NO. The molecule has 0 amide bonds. The van der Waals surface area contributed by atoms with Gasteiger partial charge in [-0.3, -0.25) is 0 Å². The van der Waals surface area contributed by atoms with Crippen LogP contribution in [-0.2, 0) is 4.74 Å². The molecule has 4 aliphatic rings. The predicted molar refractivity (Wildman–Crippen MR) is 33.2 cm³/mol. The van der Waals surface area contributed by atoms with Gasteiger partial charge < -0.3 is 10.1 Å². The Bertz CT molecular complexity index is 114. The Labute approximate surface area is 54.6 Å². The Morgan fingerprint density at radius 1 is 1.22 bits per heavy atom. The van der Waals surface area contributed by atoms with Gasteiger partial charge in [-0.1, -0.05) is 0 Å². The first kappa shape index (κ1) is 4.69. The van der Waals surface area contributed by atoms with Crippen LogP contribution in [0, 0.1) is 0 Å². The highest BCUT2D eigenvalue weighted by molar-refractivity contribution is 5.04. The van der Waals surface area contributed by atoms with Crippen LogP contribution < -0.4 is 5.32 Å². The minimum atomic E-state index is 0.591. The summed E-state index contributed by atoms with van der Waals surface area (Å²) in [6, 6.07) is 1.54. The van der Waals surface area contributed by atoms with Crippen molar-refractivity contribution >= 4 is 0 Å². The molecule has 4 heterocycles. The van der Waals surface area contributed by atoms with Crippen molar-refractivity contribution in [2.24, 2.45) is 0 Å². The Hall–Kier alpha value is -0.0800. The molecule has 0 spiro atoms. The molecule has 4 bridgehead atoms. The molecule has 4 saturated heterocycles. The van der Waals surface area contributed by atoms with E-state index in [2.05, 4.69) is 5.32 Å². The summed E-state index contributed by atoms with van der Waals surface area (Å²) in [6.45, 7) is 0. The van der Waals surface area contributed by atoms with Crippen LogP contribution in [0.1, 0.15) is 19.3 Å². The summed E-state index contributed by atoms with van der Waals surface area (Å²) in [4.78, 5) is 0. The zero-order chi connectivity index (χ0) is 5.84.